The number of benzene rings is 1. The Hall–Kier alpha value is -2.15. The third kappa shape index (κ3) is 3.92. The molecule has 4 N–H and O–H groups in total. The van der Waals surface area contributed by atoms with Gasteiger partial charge >= 0.3 is 0 Å². The molecule has 0 aliphatic carbocycles. The number of thiocarbonyl (C=S) groups is 1. The molecule has 1 aromatic carbocycles. The number of hydrogen-bond acceptors (Lipinski definition) is 3. The molecule has 0 atom stereocenters. The second kappa shape index (κ2) is 6.85. The van der Waals surface area contributed by atoms with E-state index < -0.39 is 0 Å². The van der Waals surface area contributed by atoms with Gasteiger partial charge in [-0.3, -0.25) is 15.6 Å². The van der Waals surface area contributed by atoms with E-state index in [4.69, 9.17) is 12.2 Å². The van der Waals surface area contributed by atoms with Crippen LogP contribution in [0.15, 0.2) is 24.3 Å². The number of H-pyrrole nitrogens is 1. The van der Waals surface area contributed by atoms with Gasteiger partial charge in [-0.05, 0) is 31.3 Å². The first-order valence-electron chi connectivity index (χ1n) is 6.45. The first-order valence-corrected chi connectivity index (χ1v) is 6.86. The summed E-state index contributed by atoms with van der Waals surface area (Å²) >= 11 is 4.94. The van der Waals surface area contributed by atoms with Crippen LogP contribution in [0.5, 0.6) is 0 Å². The summed E-state index contributed by atoms with van der Waals surface area (Å²) in [6.07, 6.45) is 0.887. The Morgan fingerprint density at radius 2 is 2.15 bits per heavy atom. The summed E-state index contributed by atoms with van der Waals surface area (Å²) in [4.78, 5) is 19.2. The third-order valence-corrected chi connectivity index (χ3v) is 2.93. The van der Waals surface area contributed by atoms with Gasteiger partial charge in [-0.2, -0.15) is 0 Å². The molecule has 7 heteroatoms. The first kappa shape index (κ1) is 14.3. The quantitative estimate of drug-likeness (QED) is 0.499. The van der Waals surface area contributed by atoms with Crippen LogP contribution in [0.2, 0.25) is 0 Å². The second-order valence-corrected chi connectivity index (χ2v) is 4.64. The summed E-state index contributed by atoms with van der Waals surface area (Å²) in [7, 11) is 0. The molecule has 0 saturated heterocycles. The van der Waals surface area contributed by atoms with Crippen molar-refractivity contribution >= 4 is 34.3 Å². The van der Waals surface area contributed by atoms with Crippen LogP contribution in [-0.2, 0) is 11.2 Å². The summed E-state index contributed by atoms with van der Waals surface area (Å²) in [5.41, 5.74) is 7.07. The number of para-hydroxylation sites is 2. The van der Waals surface area contributed by atoms with Crippen LogP contribution in [0.25, 0.3) is 11.0 Å². The number of hydrazine groups is 1. The minimum Gasteiger partial charge on any atom is -0.362 e. The zero-order chi connectivity index (χ0) is 14.4. The molecule has 106 valence electrons. The SMILES string of the molecule is CCNC(=S)NNC(=O)CCc1nc2ccccc2[nH]1. The minimum absolute atomic E-state index is 0.134. The molecule has 1 amide bonds. The van der Waals surface area contributed by atoms with Crippen molar-refractivity contribution in [1.29, 1.82) is 0 Å². The number of aromatic nitrogens is 2. The smallest absolute Gasteiger partial charge is 0.238 e. The highest BCUT2D eigenvalue weighted by molar-refractivity contribution is 7.80. The number of aromatic amines is 1. The van der Waals surface area contributed by atoms with Gasteiger partial charge in [0.1, 0.15) is 5.82 Å². The normalized spacial score (nSPS) is 10.2. The van der Waals surface area contributed by atoms with E-state index in [0.29, 0.717) is 24.5 Å². The number of imidazole rings is 1. The third-order valence-electron chi connectivity index (χ3n) is 2.68. The highest BCUT2D eigenvalue weighted by atomic mass is 32.1. The lowest BCUT2D eigenvalue weighted by molar-refractivity contribution is -0.121. The molecule has 0 fully saturated rings. The summed E-state index contributed by atoms with van der Waals surface area (Å²) in [5, 5.41) is 3.29. The van der Waals surface area contributed by atoms with Gasteiger partial charge in [-0.15, -0.1) is 0 Å². The van der Waals surface area contributed by atoms with Crippen molar-refractivity contribution in [2.75, 3.05) is 6.54 Å². The number of rotatable bonds is 4. The number of carbonyl (C=O) groups is 1. The Morgan fingerprint density at radius 3 is 2.90 bits per heavy atom. The van der Waals surface area contributed by atoms with Crippen molar-refractivity contribution in [1.82, 2.24) is 26.1 Å². The Labute approximate surface area is 122 Å². The van der Waals surface area contributed by atoms with Gasteiger partial charge in [0.05, 0.1) is 11.0 Å². The molecule has 0 aliphatic rings. The second-order valence-electron chi connectivity index (χ2n) is 4.23. The van der Waals surface area contributed by atoms with Crippen molar-refractivity contribution in [3.05, 3.63) is 30.1 Å². The molecule has 0 aliphatic heterocycles. The molecule has 6 nitrogen and oxygen atoms in total. The molecule has 0 radical (unpaired) electrons. The Morgan fingerprint density at radius 1 is 1.35 bits per heavy atom. The van der Waals surface area contributed by atoms with Crippen LogP contribution in [-0.4, -0.2) is 27.5 Å². The van der Waals surface area contributed by atoms with Gasteiger partial charge in [-0.1, -0.05) is 12.1 Å². The van der Waals surface area contributed by atoms with Gasteiger partial charge in [0.2, 0.25) is 5.91 Å². The number of hydrogen-bond donors (Lipinski definition) is 4. The van der Waals surface area contributed by atoms with E-state index in [1.165, 1.54) is 0 Å². The van der Waals surface area contributed by atoms with E-state index in [1.807, 2.05) is 31.2 Å². The molecule has 1 aromatic heterocycles. The van der Waals surface area contributed by atoms with Crippen molar-refractivity contribution in [2.24, 2.45) is 0 Å². The van der Waals surface area contributed by atoms with Gasteiger partial charge in [0, 0.05) is 19.4 Å². The zero-order valence-electron chi connectivity index (χ0n) is 11.2. The highest BCUT2D eigenvalue weighted by Crippen LogP contribution is 2.11. The first-order chi connectivity index (χ1) is 9.69. The molecule has 2 aromatic rings. The predicted molar refractivity (Wildman–Crippen MR) is 82.0 cm³/mol. The van der Waals surface area contributed by atoms with E-state index in [1.54, 1.807) is 0 Å². The average molecular weight is 291 g/mol. The number of nitrogens with one attached hydrogen (secondary N) is 4. The van der Waals surface area contributed by atoms with Crippen molar-refractivity contribution in [3.63, 3.8) is 0 Å². The Kier molecular flexibility index (Phi) is 4.89. The number of fused-ring (bicyclic) bond motifs is 1. The van der Waals surface area contributed by atoms with E-state index in [2.05, 4.69) is 26.1 Å². The van der Waals surface area contributed by atoms with Crippen LogP contribution < -0.4 is 16.2 Å². The summed E-state index contributed by atoms with van der Waals surface area (Å²) in [6, 6.07) is 7.78. The molecule has 1 heterocycles. The van der Waals surface area contributed by atoms with Gasteiger partial charge in [-0.25, -0.2) is 4.98 Å². The van der Waals surface area contributed by atoms with Gasteiger partial charge < -0.3 is 10.3 Å². The molecule has 0 saturated carbocycles. The molecule has 20 heavy (non-hydrogen) atoms. The lowest BCUT2D eigenvalue weighted by atomic mass is 10.3. The van der Waals surface area contributed by atoms with E-state index in [-0.39, 0.29) is 5.91 Å². The summed E-state index contributed by atoms with van der Waals surface area (Å²) in [6.45, 7) is 2.64. The maximum Gasteiger partial charge on any atom is 0.238 e. The van der Waals surface area contributed by atoms with Crippen LogP contribution in [0.1, 0.15) is 19.2 Å². The van der Waals surface area contributed by atoms with Crippen molar-refractivity contribution in [3.8, 4) is 0 Å². The van der Waals surface area contributed by atoms with Crippen LogP contribution >= 0.6 is 12.2 Å². The van der Waals surface area contributed by atoms with Crippen LogP contribution in [0, 0.1) is 0 Å². The molecule has 0 spiro atoms. The van der Waals surface area contributed by atoms with E-state index >= 15 is 0 Å². The minimum atomic E-state index is -0.134. The molecule has 0 bridgehead atoms. The van der Waals surface area contributed by atoms with Gasteiger partial charge in [0.15, 0.2) is 5.11 Å². The Balaban J connectivity index is 1.79. The molecular formula is C13H17N5OS. The topological polar surface area (TPSA) is 81.8 Å². The maximum absolute atomic E-state index is 11.6. The lowest BCUT2D eigenvalue weighted by Crippen LogP contribution is -2.46. The molecular weight excluding hydrogens is 274 g/mol. The van der Waals surface area contributed by atoms with Crippen LogP contribution in [0.3, 0.4) is 0 Å². The standard InChI is InChI=1S/C13H17N5OS/c1-2-14-13(20)18-17-12(19)8-7-11-15-9-5-3-4-6-10(9)16-11/h3-6H,2,7-8H2,1H3,(H,15,16)(H,17,19)(H2,14,18,20). The van der Waals surface area contributed by atoms with E-state index in [9.17, 15) is 4.79 Å². The zero-order valence-corrected chi connectivity index (χ0v) is 12.0. The summed E-state index contributed by atoms with van der Waals surface area (Å²) < 4.78 is 0. The number of aryl methyl sites for hydroxylation is 1. The predicted octanol–water partition coefficient (Wildman–Crippen LogP) is 1.01. The van der Waals surface area contributed by atoms with Crippen molar-refractivity contribution < 1.29 is 4.79 Å². The number of nitrogens with zero attached hydrogens (tertiary/aromatic N) is 1. The molecule has 0 unspecified atom stereocenters. The highest BCUT2D eigenvalue weighted by Gasteiger charge is 2.06. The Bertz CT molecular complexity index is 577. The fourth-order valence-corrected chi connectivity index (χ4v) is 1.95. The monoisotopic (exact) mass is 291 g/mol. The maximum atomic E-state index is 11.6. The largest absolute Gasteiger partial charge is 0.362 e. The number of carbonyl (C=O) groups excluding carboxylic acids is 1. The van der Waals surface area contributed by atoms with E-state index in [0.717, 1.165) is 16.9 Å². The average Bonchev–Trinajstić information content (AvgIpc) is 2.86. The van der Waals surface area contributed by atoms with Crippen molar-refractivity contribution in [2.45, 2.75) is 19.8 Å². The van der Waals surface area contributed by atoms with Gasteiger partial charge in [0.25, 0.3) is 0 Å². The summed E-state index contributed by atoms with van der Waals surface area (Å²) in [5.74, 6) is 0.668. The fraction of sp³-hybridized carbons (Fsp3) is 0.308. The van der Waals surface area contributed by atoms with Crippen LogP contribution in [0.4, 0.5) is 0 Å². The number of amides is 1. The fourth-order valence-electron chi connectivity index (χ4n) is 1.75. The molecule has 2 rings (SSSR count). The lowest BCUT2D eigenvalue weighted by Gasteiger charge is -2.09.